The molecule has 0 radical (unpaired) electrons. The number of amides is 2. The molecule has 0 saturated heterocycles. The van der Waals surface area contributed by atoms with Gasteiger partial charge in [0.15, 0.2) is 0 Å². The molecule has 0 fully saturated rings. The second kappa shape index (κ2) is 9.13. The van der Waals surface area contributed by atoms with Gasteiger partial charge >= 0.3 is 6.03 Å². The Hall–Kier alpha value is -2.55. The molecule has 1 aliphatic carbocycles. The second-order valence-electron chi connectivity index (χ2n) is 8.22. The first-order valence-electron chi connectivity index (χ1n) is 10.8. The Morgan fingerprint density at radius 1 is 1.19 bits per heavy atom. The van der Waals surface area contributed by atoms with Crippen LogP contribution in [0.1, 0.15) is 28.0 Å². The predicted octanol–water partition coefficient (Wildman–Crippen LogP) is 5.12. The number of thiophene rings is 1. The zero-order valence-corrected chi connectivity index (χ0v) is 19.9. The summed E-state index contributed by atoms with van der Waals surface area (Å²) in [5, 5.41) is 3.15. The topological polar surface area (TPSA) is 66.5 Å². The molecule has 8 heteroatoms. The number of carbonyl (C=O) groups excluding carboxylic acids is 1. The van der Waals surface area contributed by atoms with E-state index in [1.54, 1.807) is 30.8 Å². The zero-order valence-electron chi connectivity index (χ0n) is 18.2. The van der Waals surface area contributed by atoms with Crippen LogP contribution in [0.25, 0.3) is 11.1 Å². The van der Waals surface area contributed by atoms with Gasteiger partial charge in [0.05, 0.1) is 23.2 Å². The summed E-state index contributed by atoms with van der Waals surface area (Å²) < 4.78 is 9.64. The van der Waals surface area contributed by atoms with Gasteiger partial charge in [-0.05, 0) is 73.5 Å². The number of likely N-dealkylation sites (N-methyl/N-ethyl adjacent to an activating group) is 1. The monoisotopic (exact) mass is 466 g/mol. The van der Waals surface area contributed by atoms with Gasteiger partial charge in [0.25, 0.3) is 0 Å². The van der Waals surface area contributed by atoms with Crippen molar-refractivity contribution in [3.63, 3.8) is 0 Å². The molecular formula is C24H26N4O2S2. The fourth-order valence-electron chi connectivity index (χ4n) is 4.53. The van der Waals surface area contributed by atoms with Crippen molar-refractivity contribution in [3.8, 4) is 16.9 Å². The largest absolute Gasteiger partial charge is 0.494 e. The molecule has 2 aliphatic rings. The molecule has 0 spiro atoms. The highest BCUT2D eigenvalue weighted by Gasteiger charge is 2.22. The summed E-state index contributed by atoms with van der Waals surface area (Å²) in [4.78, 5) is 20.9. The summed E-state index contributed by atoms with van der Waals surface area (Å²) in [6.07, 6.45) is 7.65. The summed E-state index contributed by atoms with van der Waals surface area (Å²) in [7, 11) is 3.79. The van der Waals surface area contributed by atoms with E-state index in [2.05, 4.69) is 45.2 Å². The SMILES string of the molecule is COc1cnccc1-c1ccc2c(c1NC(=O)NSc1cc3c(s1)CCN(C)C3)CCC2. The maximum absolute atomic E-state index is 12.9. The number of benzene rings is 1. The molecule has 3 heterocycles. The Labute approximate surface area is 196 Å². The maximum Gasteiger partial charge on any atom is 0.329 e. The van der Waals surface area contributed by atoms with Crippen LogP contribution in [0.5, 0.6) is 5.75 Å². The number of fused-ring (bicyclic) bond motifs is 2. The minimum absolute atomic E-state index is 0.215. The number of hydrogen-bond acceptors (Lipinski definition) is 6. The van der Waals surface area contributed by atoms with Crippen LogP contribution in [0.15, 0.2) is 40.9 Å². The molecule has 32 heavy (non-hydrogen) atoms. The van der Waals surface area contributed by atoms with Gasteiger partial charge in [0.2, 0.25) is 0 Å². The van der Waals surface area contributed by atoms with E-state index in [1.165, 1.54) is 33.5 Å². The predicted molar refractivity (Wildman–Crippen MR) is 131 cm³/mol. The van der Waals surface area contributed by atoms with Crippen LogP contribution in [0.2, 0.25) is 0 Å². The minimum Gasteiger partial charge on any atom is -0.494 e. The van der Waals surface area contributed by atoms with Gasteiger partial charge in [-0.25, -0.2) is 4.79 Å². The van der Waals surface area contributed by atoms with Crippen molar-refractivity contribution >= 4 is 35.0 Å². The number of rotatable bonds is 5. The third-order valence-corrected chi connectivity index (χ3v) is 8.23. The highest BCUT2D eigenvalue weighted by atomic mass is 32.2. The quantitative estimate of drug-likeness (QED) is 0.511. The van der Waals surface area contributed by atoms with E-state index in [-0.39, 0.29) is 6.03 Å². The molecule has 5 rings (SSSR count). The Balaban J connectivity index is 1.37. The van der Waals surface area contributed by atoms with Crippen molar-refractivity contribution < 1.29 is 9.53 Å². The van der Waals surface area contributed by atoms with Crippen molar-refractivity contribution in [1.82, 2.24) is 14.6 Å². The summed E-state index contributed by atoms with van der Waals surface area (Å²) >= 11 is 3.17. The number of ether oxygens (including phenoxy) is 1. The zero-order chi connectivity index (χ0) is 22.1. The van der Waals surface area contributed by atoms with Crippen LogP contribution in [0.4, 0.5) is 10.5 Å². The van der Waals surface area contributed by atoms with Crippen molar-refractivity contribution in [2.45, 2.75) is 36.4 Å². The fourth-order valence-corrected chi connectivity index (χ4v) is 6.46. The van der Waals surface area contributed by atoms with Crippen LogP contribution in [0, 0.1) is 0 Å². The number of nitrogens with zero attached hydrogens (tertiary/aromatic N) is 2. The number of aromatic nitrogens is 1. The first-order chi connectivity index (χ1) is 15.6. The summed E-state index contributed by atoms with van der Waals surface area (Å²) in [5.41, 5.74) is 6.65. The van der Waals surface area contributed by atoms with Gasteiger partial charge in [-0.2, -0.15) is 0 Å². The molecule has 0 unspecified atom stereocenters. The third kappa shape index (κ3) is 4.22. The average molecular weight is 467 g/mol. The number of carbonyl (C=O) groups is 1. The number of nitrogens with one attached hydrogen (secondary N) is 2. The van der Waals surface area contributed by atoms with Gasteiger partial charge < -0.3 is 15.0 Å². The summed E-state index contributed by atoms with van der Waals surface area (Å²) in [5.74, 6) is 0.692. The first-order valence-corrected chi connectivity index (χ1v) is 12.4. The van der Waals surface area contributed by atoms with E-state index < -0.39 is 0 Å². The smallest absolute Gasteiger partial charge is 0.329 e. The van der Waals surface area contributed by atoms with Crippen LogP contribution in [-0.2, 0) is 25.8 Å². The lowest BCUT2D eigenvalue weighted by molar-refractivity contribution is 0.257. The van der Waals surface area contributed by atoms with Crippen molar-refractivity contribution in [2.75, 3.05) is 26.0 Å². The molecule has 2 N–H and O–H groups in total. The fraction of sp³-hybridized carbons (Fsp3) is 0.333. The lowest BCUT2D eigenvalue weighted by atomic mass is 9.97. The van der Waals surface area contributed by atoms with E-state index in [1.807, 2.05) is 6.07 Å². The van der Waals surface area contributed by atoms with E-state index in [9.17, 15) is 4.79 Å². The van der Waals surface area contributed by atoms with E-state index in [0.717, 1.165) is 59.8 Å². The number of methoxy groups -OCH3 is 1. The Kier molecular flexibility index (Phi) is 6.08. The van der Waals surface area contributed by atoms with Crippen molar-refractivity contribution in [1.29, 1.82) is 0 Å². The Bertz CT molecular complexity index is 1160. The van der Waals surface area contributed by atoms with Crippen LogP contribution in [0.3, 0.4) is 0 Å². The lowest BCUT2D eigenvalue weighted by Gasteiger charge is -2.21. The Morgan fingerprint density at radius 2 is 2.09 bits per heavy atom. The normalized spacial score (nSPS) is 15.2. The van der Waals surface area contributed by atoms with Crippen molar-refractivity contribution in [2.24, 2.45) is 0 Å². The van der Waals surface area contributed by atoms with Gasteiger partial charge in [0.1, 0.15) is 5.75 Å². The molecule has 2 amide bonds. The van der Waals surface area contributed by atoms with Gasteiger partial charge in [-0.1, -0.05) is 12.1 Å². The van der Waals surface area contributed by atoms with Gasteiger partial charge in [-0.3, -0.25) is 9.71 Å². The number of hydrogen-bond donors (Lipinski definition) is 2. The third-order valence-electron chi connectivity index (χ3n) is 6.10. The molecule has 1 aromatic carbocycles. The summed E-state index contributed by atoms with van der Waals surface area (Å²) in [6.45, 7) is 2.07. The van der Waals surface area contributed by atoms with Gasteiger partial charge in [-0.15, -0.1) is 11.3 Å². The van der Waals surface area contributed by atoms with E-state index in [0.29, 0.717) is 5.75 Å². The molecule has 6 nitrogen and oxygen atoms in total. The van der Waals surface area contributed by atoms with E-state index in [4.69, 9.17) is 4.74 Å². The number of aryl methyl sites for hydroxylation is 1. The van der Waals surface area contributed by atoms with Crippen molar-refractivity contribution in [3.05, 3.63) is 58.2 Å². The molecule has 166 valence electrons. The molecule has 3 aromatic rings. The first kappa shape index (κ1) is 21.3. The average Bonchev–Trinajstić information content (AvgIpc) is 3.44. The highest BCUT2D eigenvalue weighted by Crippen LogP contribution is 2.40. The molecular weight excluding hydrogens is 440 g/mol. The molecule has 2 aromatic heterocycles. The van der Waals surface area contributed by atoms with Crippen LogP contribution in [-0.4, -0.2) is 36.6 Å². The van der Waals surface area contributed by atoms with Crippen LogP contribution >= 0.6 is 23.3 Å². The van der Waals surface area contributed by atoms with E-state index >= 15 is 0 Å². The number of urea groups is 1. The number of pyridine rings is 1. The molecule has 0 atom stereocenters. The minimum atomic E-state index is -0.215. The molecule has 1 aliphatic heterocycles. The standard InChI is InChI=1S/C24H26N4O2S2/c1-28-11-9-21-16(14-28)12-22(31-21)32-27-24(29)26-23-17-5-3-4-15(17)6-7-19(23)18-8-10-25-13-20(18)30-2/h6-8,10,12-13H,3-5,9,11,14H2,1-2H3,(H2,26,27,29). The number of anilines is 1. The summed E-state index contributed by atoms with van der Waals surface area (Å²) in [6, 6.07) is 8.17. The Morgan fingerprint density at radius 3 is 2.97 bits per heavy atom. The van der Waals surface area contributed by atoms with Crippen LogP contribution < -0.4 is 14.8 Å². The molecule has 0 saturated carbocycles. The lowest BCUT2D eigenvalue weighted by Crippen LogP contribution is -2.25. The second-order valence-corrected chi connectivity index (χ2v) is 10.5. The highest BCUT2D eigenvalue weighted by molar-refractivity contribution is 7.99. The van der Waals surface area contributed by atoms with Gasteiger partial charge in [0, 0.05) is 35.3 Å². The molecule has 0 bridgehead atoms. The maximum atomic E-state index is 12.9.